The second-order valence-electron chi connectivity index (χ2n) is 3.79. The predicted molar refractivity (Wildman–Crippen MR) is 58.0 cm³/mol. The smallest absolute Gasteiger partial charge is 0.191 e. The minimum Gasteiger partial charge on any atom is -0.459 e. The normalized spacial score (nSPS) is 20.1. The standard InChI is InChI=1S/C12H13NO2/c1-8-11(13(2)3)12(14)9-6-4-5-7-10(9)15-8/h4-7,11H,1H2,2-3H3. The van der Waals surface area contributed by atoms with Gasteiger partial charge in [0.25, 0.3) is 0 Å². The molecule has 1 heterocycles. The van der Waals surface area contributed by atoms with Gasteiger partial charge < -0.3 is 4.74 Å². The lowest BCUT2D eigenvalue weighted by atomic mass is 9.98. The van der Waals surface area contributed by atoms with Crippen LogP contribution >= 0.6 is 0 Å². The molecule has 0 amide bonds. The summed E-state index contributed by atoms with van der Waals surface area (Å²) in [5.74, 6) is 1.14. The van der Waals surface area contributed by atoms with Gasteiger partial charge in [-0.2, -0.15) is 0 Å². The van der Waals surface area contributed by atoms with Gasteiger partial charge in [-0.05, 0) is 26.2 Å². The second kappa shape index (κ2) is 3.51. The Hall–Kier alpha value is -1.61. The highest BCUT2D eigenvalue weighted by Crippen LogP contribution is 2.29. The molecule has 3 heteroatoms. The first kappa shape index (κ1) is 9.93. The number of para-hydroxylation sites is 1. The Bertz CT molecular complexity index is 423. The molecule has 1 unspecified atom stereocenters. The van der Waals surface area contributed by atoms with Gasteiger partial charge in [-0.1, -0.05) is 18.7 Å². The lowest BCUT2D eigenvalue weighted by Crippen LogP contribution is -2.41. The molecule has 3 nitrogen and oxygen atoms in total. The van der Waals surface area contributed by atoms with Gasteiger partial charge >= 0.3 is 0 Å². The number of carbonyl (C=O) groups excluding carboxylic acids is 1. The molecule has 15 heavy (non-hydrogen) atoms. The summed E-state index contributed by atoms with van der Waals surface area (Å²) in [4.78, 5) is 13.9. The summed E-state index contributed by atoms with van der Waals surface area (Å²) in [6, 6.07) is 6.86. The number of ether oxygens (including phenoxy) is 1. The first-order valence-corrected chi connectivity index (χ1v) is 4.77. The predicted octanol–water partition coefficient (Wildman–Crippen LogP) is 1.71. The molecule has 0 bridgehead atoms. The highest BCUT2D eigenvalue weighted by Gasteiger charge is 2.33. The van der Waals surface area contributed by atoms with Crippen molar-refractivity contribution in [2.75, 3.05) is 14.1 Å². The molecule has 1 aliphatic heterocycles. The Kier molecular flexibility index (Phi) is 2.32. The van der Waals surface area contributed by atoms with Crippen molar-refractivity contribution in [3.8, 4) is 5.75 Å². The minimum atomic E-state index is -0.375. The Morgan fingerprint density at radius 3 is 2.67 bits per heavy atom. The van der Waals surface area contributed by atoms with Crippen LogP contribution < -0.4 is 4.74 Å². The number of hydrogen-bond donors (Lipinski definition) is 0. The fraction of sp³-hybridized carbons (Fsp3) is 0.250. The molecule has 1 aliphatic rings. The molecule has 0 aromatic heterocycles. The number of likely N-dealkylation sites (N-methyl/N-ethyl adjacent to an activating group) is 1. The summed E-state index contributed by atoms with van der Waals surface area (Å²) in [6.45, 7) is 3.78. The van der Waals surface area contributed by atoms with Gasteiger partial charge in [-0.25, -0.2) is 0 Å². The molecule has 1 aromatic carbocycles. The third-order valence-corrected chi connectivity index (χ3v) is 2.46. The topological polar surface area (TPSA) is 29.5 Å². The van der Waals surface area contributed by atoms with E-state index in [1.54, 1.807) is 17.0 Å². The fourth-order valence-corrected chi connectivity index (χ4v) is 1.77. The third-order valence-electron chi connectivity index (χ3n) is 2.46. The third kappa shape index (κ3) is 1.55. The average Bonchev–Trinajstić information content (AvgIpc) is 2.17. The first-order valence-electron chi connectivity index (χ1n) is 4.77. The first-order chi connectivity index (χ1) is 7.11. The molecule has 78 valence electrons. The molecular weight excluding hydrogens is 190 g/mol. The van der Waals surface area contributed by atoms with E-state index in [1.165, 1.54) is 0 Å². The molecule has 0 fully saturated rings. The zero-order valence-corrected chi connectivity index (χ0v) is 8.86. The van der Waals surface area contributed by atoms with Gasteiger partial charge in [-0.3, -0.25) is 9.69 Å². The maximum absolute atomic E-state index is 12.1. The van der Waals surface area contributed by atoms with Crippen molar-refractivity contribution in [2.24, 2.45) is 0 Å². The van der Waals surface area contributed by atoms with Crippen molar-refractivity contribution in [3.05, 3.63) is 42.2 Å². The van der Waals surface area contributed by atoms with Crippen molar-refractivity contribution in [1.82, 2.24) is 4.90 Å². The maximum Gasteiger partial charge on any atom is 0.191 e. The van der Waals surface area contributed by atoms with E-state index >= 15 is 0 Å². The molecular formula is C12H13NO2. The highest BCUT2D eigenvalue weighted by atomic mass is 16.5. The van der Waals surface area contributed by atoms with Crippen LogP contribution in [0.25, 0.3) is 0 Å². The Morgan fingerprint density at radius 2 is 2.00 bits per heavy atom. The number of rotatable bonds is 1. The Labute approximate surface area is 89.0 Å². The van der Waals surface area contributed by atoms with E-state index < -0.39 is 0 Å². The number of hydrogen-bond acceptors (Lipinski definition) is 3. The van der Waals surface area contributed by atoms with Gasteiger partial charge in [0.15, 0.2) is 5.78 Å². The van der Waals surface area contributed by atoms with Crippen molar-refractivity contribution in [2.45, 2.75) is 6.04 Å². The van der Waals surface area contributed by atoms with Gasteiger partial charge in [-0.15, -0.1) is 0 Å². The van der Waals surface area contributed by atoms with E-state index in [2.05, 4.69) is 6.58 Å². The summed E-state index contributed by atoms with van der Waals surface area (Å²) in [7, 11) is 3.68. The van der Waals surface area contributed by atoms with Crippen molar-refractivity contribution >= 4 is 5.78 Å². The summed E-state index contributed by atoms with van der Waals surface area (Å²) < 4.78 is 5.52. The molecule has 1 atom stereocenters. The minimum absolute atomic E-state index is 0.0480. The van der Waals surface area contributed by atoms with E-state index in [-0.39, 0.29) is 11.8 Å². The molecule has 0 radical (unpaired) electrons. The van der Waals surface area contributed by atoms with Crippen LogP contribution in [0.1, 0.15) is 10.4 Å². The Morgan fingerprint density at radius 1 is 1.33 bits per heavy atom. The van der Waals surface area contributed by atoms with Gasteiger partial charge in [0, 0.05) is 0 Å². The quantitative estimate of drug-likeness (QED) is 0.695. The number of benzene rings is 1. The summed E-state index contributed by atoms with van der Waals surface area (Å²) in [5.41, 5.74) is 0.628. The number of carbonyl (C=O) groups is 1. The molecule has 0 spiro atoms. The van der Waals surface area contributed by atoms with E-state index in [0.29, 0.717) is 17.1 Å². The number of fused-ring (bicyclic) bond motifs is 1. The zero-order chi connectivity index (χ0) is 11.0. The highest BCUT2D eigenvalue weighted by molar-refractivity contribution is 6.05. The van der Waals surface area contributed by atoms with Gasteiger partial charge in [0.1, 0.15) is 17.6 Å². The molecule has 0 saturated heterocycles. The van der Waals surface area contributed by atoms with Crippen LogP contribution in [0.5, 0.6) is 5.75 Å². The summed E-state index contributed by atoms with van der Waals surface area (Å²) in [6.07, 6.45) is 0. The van der Waals surface area contributed by atoms with E-state index in [9.17, 15) is 4.79 Å². The summed E-state index contributed by atoms with van der Waals surface area (Å²) >= 11 is 0. The van der Waals surface area contributed by atoms with Crippen LogP contribution in [0, 0.1) is 0 Å². The molecule has 1 aromatic rings. The van der Waals surface area contributed by atoms with Crippen LogP contribution in [0.2, 0.25) is 0 Å². The van der Waals surface area contributed by atoms with Gasteiger partial charge in [0.05, 0.1) is 5.56 Å². The largest absolute Gasteiger partial charge is 0.459 e. The van der Waals surface area contributed by atoms with E-state index in [1.807, 2.05) is 26.2 Å². The van der Waals surface area contributed by atoms with E-state index in [4.69, 9.17) is 4.74 Å². The average molecular weight is 203 g/mol. The fourth-order valence-electron chi connectivity index (χ4n) is 1.77. The van der Waals surface area contributed by atoms with Crippen molar-refractivity contribution < 1.29 is 9.53 Å². The zero-order valence-electron chi connectivity index (χ0n) is 8.86. The second-order valence-corrected chi connectivity index (χ2v) is 3.79. The van der Waals surface area contributed by atoms with E-state index in [0.717, 1.165) is 0 Å². The van der Waals surface area contributed by atoms with Crippen molar-refractivity contribution in [3.63, 3.8) is 0 Å². The van der Waals surface area contributed by atoms with Crippen molar-refractivity contribution in [1.29, 1.82) is 0 Å². The lowest BCUT2D eigenvalue weighted by Gasteiger charge is -2.29. The van der Waals surface area contributed by atoms with Crippen LogP contribution in [-0.4, -0.2) is 30.8 Å². The number of Topliss-reactive ketones (excluding diaryl/α,β-unsaturated/α-hetero) is 1. The monoisotopic (exact) mass is 203 g/mol. The molecule has 0 aliphatic carbocycles. The molecule has 2 rings (SSSR count). The SMILES string of the molecule is C=C1Oc2ccccc2C(=O)C1N(C)C. The number of ketones is 1. The number of nitrogens with zero attached hydrogens (tertiary/aromatic N) is 1. The Balaban J connectivity index is 2.48. The van der Waals surface area contributed by atoms with Gasteiger partial charge in [0.2, 0.25) is 0 Å². The van der Waals surface area contributed by atoms with Crippen LogP contribution in [0.15, 0.2) is 36.6 Å². The van der Waals surface area contributed by atoms with Crippen LogP contribution in [0.4, 0.5) is 0 Å². The maximum atomic E-state index is 12.1. The molecule has 0 N–H and O–H groups in total. The van der Waals surface area contributed by atoms with Crippen LogP contribution in [0.3, 0.4) is 0 Å². The lowest BCUT2D eigenvalue weighted by molar-refractivity contribution is 0.0844. The molecule has 0 saturated carbocycles. The summed E-state index contributed by atoms with van der Waals surface area (Å²) in [5, 5.41) is 0. The van der Waals surface area contributed by atoms with Crippen LogP contribution in [-0.2, 0) is 0 Å².